The number of methoxy groups -OCH3 is 1. The molecule has 0 saturated carbocycles. The monoisotopic (exact) mass is 261 g/mol. The van der Waals surface area contributed by atoms with Crippen LogP contribution in [0.25, 0.3) is 0 Å². The lowest BCUT2D eigenvalue weighted by molar-refractivity contribution is -0.145. The summed E-state index contributed by atoms with van der Waals surface area (Å²) >= 11 is 0. The highest BCUT2D eigenvalue weighted by Gasteiger charge is 2.24. The molecule has 0 spiro atoms. The maximum Gasteiger partial charge on any atom is 0.323 e. The van der Waals surface area contributed by atoms with Gasteiger partial charge in [0.25, 0.3) is 0 Å². The van der Waals surface area contributed by atoms with E-state index in [-0.39, 0.29) is 18.8 Å². The van der Waals surface area contributed by atoms with E-state index in [1.165, 1.54) is 7.11 Å². The van der Waals surface area contributed by atoms with Crippen LogP contribution in [0.1, 0.15) is 23.7 Å². The van der Waals surface area contributed by atoms with Gasteiger partial charge < -0.3 is 9.47 Å². The van der Waals surface area contributed by atoms with Crippen molar-refractivity contribution >= 4 is 11.8 Å². The summed E-state index contributed by atoms with van der Waals surface area (Å²) in [6, 6.07) is 8.47. The molecule has 1 rings (SSSR count). The van der Waals surface area contributed by atoms with Crippen LogP contribution in [0.4, 0.5) is 0 Å². The second-order valence-corrected chi connectivity index (χ2v) is 3.76. The van der Waals surface area contributed by atoms with Gasteiger partial charge in [0, 0.05) is 6.42 Å². The van der Waals surface area contributed by atoms with Gasteiger partial charge in [0.1, 0.15) is 5.75 Å². The Balaban J connectivity index is 2.84. The Morgan fingerprint density at radius 1 is 1.37 bits per heavy atom. The van der Waals surface area contributed by atoms with Crippen LogP contribution in [0.5, 0.6) is 5.75 Å². The zero-order chi connectivity index (χ0) is 14.3. The third kappa shape index (κ3) is 3.81. The first-order valence-electron chi connectivity index (χ1n) is 5.86. The Bertz CT molecular complexity index is 504. The standard InChI is InChI=1S/C14H15NO4/c1-3-19-14(17)10(9-15)8-12(16)11-6-4-5-7-13(11)18-2/h4-7,10H,3,8H2,1-2H3. The van der Waals surface area contributed by atoms with E-state index in [2.05, 4.69) is 0 Å². The van der Waals surface area contributed by atoms with E-state index in [0.717, 1.165) is 0 Å². The van der Waals surface area contributed by atoms with E-state index in [0.29, 0.717) is 11.3 Å². The van der Waals surface area contributed by atoms with Crippen LogP contribution in [0.15, 0.2) is 24.3 Å². The summed E-state index contributed by atoms with van der Waals surface area (Å²) < 4.78 is 9.81. The molecule has 0 N–H and O–H groups in total. The number of carbonyl (C=O) groups is 2. The van der Waals surface area contributed by atoms with Gasteiger partial charge >= 0.3 is 5.97 Å². The topological polar surface area (TPSA) is 76.4 Å². The molecular weight excluding hydrogens is 246 g/mol. The van der Waals surface area contributed by atoms with Gasteiger partial charge in [0.05, 0.1) is 25.3 Å². The molecule has 1 atom stereocenters. The molecule has 1 aromatic carbocycles. The maximum atomic E-state index is 12.1. The summed E-state index contributed by atoms with van der Waals surface area (Å²) in [5.41, 5.74) is 0.356. The molecule has 0 aromatic heterocycles. The number of para-hydroxylation sites is 1. The number of nitrogens with zero attached hydrogens (tertiary/aromatic N) is 1. The SMILES string of the molecule is CCOC(=O)C(C#N)CC(=O)c1ccccc1OC. The number of Topliss-reactive ketones (excluding diaryl/α,β-unsaturated/α-hetero) is 1. The molecule has 0 amide bonds. The van der Waals surface area contributed by atoms with Crippen LogP contribution in [-0.2, 0) is 9.53 Å². The molecule has 100 valence electrons. The average Bonchev–Trinajstić information content (AvgIpc) is 2.44. The third-order valence-corrected chi connectivity index (χ3v) is 2.52. The maximum absolute atomic E-state index is 12.1. The zero-order valence-corrected chi connectivity index (χ0v) is 10.9. The van der Waals surface area contributed by atoms with Crippen LogP contribution in [0.2, 0.25) is 0 Å². The minimum atomic E-state index is -1.09. The predicted octanol–water partition coefficient (Wildman–Crippen LogP) is 1.97. The van der Waals surface area contributed by atoms with Crippen LogP contribution < -0.4 is 4.74 Å². The van der Waals surface area contributed by atoms with Gasteiger partial charge in [0.2, 0.25) is 0 Å². The van der Waals surface area contributed by atoms with Gasteiger partial charge in [0.15, 0.2) is 11.7 Å². The number of esters is 1. The van der Waals surface area contributed by atoms with Crippen molar-refractivity contribution in [3.05, 3.63) is 29.8 Å². The summed E-state index contributed by atoms with van der Waals surface area (Å²) in [6.45, 7) is 1.83. The minimum Gasteiger partial charge on any atom is -0.496 e. The second-order valence-electron chi connectivity index (χ2n) is 3.76. The molecule has 0 heterocycles. The number of ether oxygens (including phenoxy) is 2. The fourth-order valence-corrected chi connectivity index (χ4v) is 1.59. The molecule has 5 heteroatoms. The molecule has 0 saturated heterocycles. The van der Waals surface area contributed by atoms with E-state index >= 15 is 0 Å². The molecule has 1 unspecified atom stereocenters. The summed E-state index contributed by atoms with van der Waals surface area (Å²) in [4.78, 5) is 23.5. The second kappa shape index (κ2) is 7.17. The summed E-state index contributed by atoms with van der Waals surface area (Å²) in [5.74, 6) is -1.66. The van der Waals surface area contributed by atoms with Crippen molar-refractivity contribution in [3.63, 3.8) is 0 Å². The third-order valence-electron chi connectivity index (χ3n) is 2.52. The van der Waals surface area contributed by atoms with E-state index in [4.69, 9.17) is 14.7 Å². The van der Waals surface area contributed by atoms with Gasteiger partial charge in [-0.15, -0.1) is 0 Å². The lowest BCUT2D eigenvalue weighted by Gasteiger charge is -2.10. The Labute approximate surface area is 111 Å². The van der Waals surface area contributed by atoms with Gasteiger partial charge in [-0.25, -0.2) is 0 Å². The van der Waals surface area contributed by atoms with Gasteiger partial charge in [-0.05, 0) is 19.1 Å². The molecule has 0 bridgehead atoms. The molecule has 0 aliphatic carbocycles. The van der Waals surface area contributed by atoms with Crippen LogP contribution >= 0.6 is 0 Å². The smallest absolute Gasteiger partial charge is 0.323 e. The van der Waals surface area contributed by atoms with Crippen molar-refractivity contribution in [1.82, 2.24) is 0 Å². The Kier molecular flexibility index (Phi) is 5.55. The first-order valence-corrected chi connectivity index (χ1v) is 5.86. The minimum absolute atomic E-state index is 0.180. The van der Waals surface area contributed by atoms with Crippen LogP contribution in [0, 0.1) is 17.2 Å². The van der Waals surface area contributed by atoms with E-state index in [1.54, 1.807) is 37.3 Å². The lowest BCUT2D eigenvalue weighted by Crippen LogP contribution is -2.20. The lowest BCUT2D eigenvalue weighted by atomic mass is 9.99. The Morgan fingerprint density at radius 3 is 2.63 bits per heavy atom. The van der Waals surface area contributed by atoms with E-state index < -0.39 is 11.9 Å². The fraction of sp³-hybridized carbons (Fsp3) is 0.357. The van der Waals surface area contributed by atoms with Gasteiger partial charge in [-0.3, -0.25) is 9.59 Å². The number of hydrogen-bond donors (Lipinski definition) is 0. The first-order chi connectivity index (χ1) is 9.13. The molecule has 1 aromatic rings. The number of ketones is 1. The molecule has 5 nitrogen and oxygen atoms in total. The number of benzene rings is 1. The molecule has 0 aliphatic heterocycles. The molecule has 0 fully saturated rings. The predicted molar refractivity (Wildman–Crippen MR) is 67.7 cm³/mol. The van der Waals surface area contributed by atoms with Crippen LogP contribution in [0.3, 0.4) is 0 Å². The summed E-state index contributed by atoms with van der Waals surface area (Å²) in [7, 11) is 1.46. The summed E-state index contributed by atoms with van der Waals surface area (Å²) in [6.07, 6.45) is -0.213. The van der Waals surface area contributed by atoms with E-state index in [9.17, 15) is 9.59 Å². The van der Waals surface area contributed by atoms with Crippen LogP contribution in [-0.4, -0.2) is 25.5 Å². The highest BCUT2D eigenvalue weighted by molar-refractivity contribution is 6.00. The fourth-order valence-electron chi connectivity index (χ4n) is 1.59. The number of rotatable bonds is 6. The Morgan fingerprint density at radius 2 is 2.05 bits per heavy atom. The van der Waals surface area contributed by atoms with Crippen molar-refractivity contribution in [1.29, 1.82) is 5.26 Å². The van der Waals surface area contributed by atoms with Gasteiger partial charge in [-0.2, -0.15) is 5.26 Å². The first kappa shape index (κ1) is 14.7. The molecular formula is C14H15NO4. The summed E-state index contributed by atoms with van der Waals surface area (Å²) in [5, 5.41) is 8.91. The van der Waals surface area contributed by atoms with E-state index in [1.807, 2.05) is 0 Å². The molecule has 19 heavy (non-hydrogen) atoms. The zero-order valence-electron chi connectivity index (χ0n) is 10.9. The number of nitriles is 1. The van der Waals surface area contributed by atoms with Crippen molar-refractivity contribution in [3.8, 4) is 11.8 Å². The Hall–Kier alpha value is -2.35. The van der Waals surface area contributed by atoms with Crippen molar-refractivity contribution < 1.29 is 19.1 Å². The average molecular weight is 261 g/mol. The normalized spacial score (nSPS) is 11.2. The molecule has 0 aliphatic rings. The highest BCUT2D eigenvalue weighted by atomic mass is 16.5. The largest absolute Gasteiger partial charge is 0.496 e. The quantitative estimate of drug-likeness (QED) is 0.578. The molecule has 0 radical (unpaired) electrons. The van der Waals surface area contributed by atoms with Crippen molar-refractivity contribution in [2.24, 2.45) is 5.92 Å². The van der Waals surface area contributed by atoms with Crippen molar-refractivity contribution in [2.45, 2.75) is 13.3 Å². The number of carbonyl (C=O) groups excluding carboxylic acids is 2. The van der Waals surface area contributed by atoms with Crippen molar-refractivity contribution in [2.75, 3.05) is 13.7 Å². The highest BCUT2D eigenvalue weighted by Crippen LogP contribution is 2.21. The van der Waals surface area contributed by atoms with Gasteiger partial charge in [-0.1, -0.05) is 12.1 Å². The number of hydrogen-bond acceptors (Lipinski definition) is 5.